The number of nitrogens with two attached hydrogens (primary N) is 1. The first-order valence-corrected chi connectivity index (χ1v) is 7.29. The van der Waals surface area contributed by atoms with Crippen LogP contribution in [0.4, 0.5) is 11.5 Å². The molecular formula is C15H23N3O2. The van der Waals surface area contributed by atoms with Gasteiger partial charge in [-0.2, -0.15) is 0 Å². The van der Waals surface area contributed by atoms with Crippen LogP contribution in [0, 0.1) is 5.92 Å². The number of rotatable bonds is 6. The Kier molecular flexibility index (Phi) is 5.21. The number of pyridine rings is 1. The number of carbonyl (C=O) groups is 1. The van der Waals surface area contributed by atoms with Crippen molar-refractivity contribution in [3.05, 3.63) is 17.8 Å². The third-order valence-corrected chi connectivity index (χ3v) is 3.88. The van der Waals surface area contributed by atoms with E-state index in [-0.39, 0.29) is 5.69 Å². The minimum atomic E-state index is -0.445. The van der Waals surface area contributed by atoms with Crippen molar-refractivity contribution in [2.24, 2.45) is 5.92 Å². The van der Waals surface area contributed by atoms with Gasteiger partial charge in [0, 0.05) is 6.54 Å². The highest BCUT2D eigenvalue weighted by atomic mass is 16.5. The van der Waals surface area contributed by atoms with Crippen molar-refractivity contribution in [2.45, 2.75) is 38.5 Å². The van der Waals surface area contributed by atoms with E-state index in [0.717, 1.165) is 18.9 Å². The van der Waals surface area contributed by atoms with E-state index in [1.54, 1.807) is 12.1 Å². The lowest BCUT2D eigenvalue weighted by atomic mass is 10.0. The quantitative estimate of drug-likeness (QED) is 0.617. The molecule has 0 amide bonds. The van der Waals surface area contributed by atoms with Crippen LogP contribution in [0.3, 0.4) is 0 Å². The number of ether oxygens (including phenoxy) is 1. The minimum absolute atomic E-state index is 0.278. The Bertz CT molecular complexity index is 456. The van der Waals surface area contributed by atoms with Gasteiger partial charge in [-0.25, -0.2) is 9.78 Å². The van der Waals surface area contributed by atoms with Crippen LogP contribution in [0.25, 0.3) is 0 Å². The fraction of sp³-hybridized carbons (Fsp3) is 0.600. The topological polar surface area (TPSA) is 77.2 Å². The number of hydrogen-bond acceptors (Lipinski definition) is 5. The number of carbonyl (C=O) groups excluding carboxylic acids is 1. The van der Waals surface area contributed by atoms with Crippen molar-refractivity contribution in [3.8, 4) is 0 Å². The van der Waals surface area contributed by atoms with Crippen LogP contribution in [0.1, 0.15) is 49.0 Å². The maximum absolute atomic E-state index is 11.4. The number of esters is 1. The average Bonchev–Trinajstić information content (AvgIpc) is 2.97. The molecular weight excluding hydrogens is 254 g/mol. The number of methoxy groups -OCH3 is 1. The molecule has 0 bridgehead atoms. The Labute approximate surface area is 119 Å². The maximum atomic E-state index is 11.4. The van der Waals surface area contributed by atoms with Gasteiger partial charge in [-0.05, 0) is 30.9 Å². The summed E-state index contributed by atoms with van der Waals surface area (Å²) in [6.07, 6.45) is 7.87. The highest BCUT2D eigenvalue weighted by Gasteiger charge is 2.14. The summed E-state index contributed by atoms with van der Waals surface area (Å²) in [6.45, 7) is 0.832. The summed E-state index contributed by atoms with van der Waals surface area (Å²) < 4.78 is 4.65. The van der Waals surface area contributed by atoms with Gasteiger partial charge >= 0.3 is 5.97 Å². The number of aromatic nitrogens is 1. The van der Waals surface area contributed by atoms with Crippen molar-refractivity contribution >= 4 is 17.5 Å². The Morgan fingerprint density at radius 2 is 2.20 bits per heavy atom. The molecule has 1 saturated carbocycles. The summed E-state index contributed by atoms with van der Waals surface area (Å²) >= 11 is 0. The molecule has 1 aliphatic carbocycles. The zero-order valence-electron chi connectivity index (χ0n) is 12.0. The van der Waals surface area contributed by atoms with E-state index >= 15 is 0 Å². The van der Waals surface area contributed by atoms with Crippen molar-refractivity contribution in [1.82, 2.24) is 4.98 Å². The standard InChI is InChI=1S/C15H23N3O2/c1-20-15(19)13-9-8-12(16)14(18-13)17-10-4-7-11-5-2-3-6-11/h8-9,11H,2-7,10,16H2,1H3,(H,17,18). The van der Waals surface area contributed by atoms with Crippen LogP contribution < -0.4 is 11.1 Å². The van der Waals surface area contributed by atoms with Gasteiger partial charge in [0.15, 0.2) is 5.69 Å². The number of nitrogens with zero attached hydrogens (tertiary/aromatic N) is 1. The Hall–Kier alpha value is -1.78. The summed E-state index contributed by atoms with van der Waals surface area (Å²) in [5.74, 6) is 1.02. The van der Waals surface area contributed by atoms with Crippen molar-refractivity contribution in [2.75, 3.05) is 24.7 Å². The average molecular weight is 277 g/mol. The van der Waals surface area contributed by atoms with Gasteiger partial charge in [-0.1, -0.05) is 25.7 Å². The summed E-state index contributed by atoms with van der Waals surface area (Å²) in [6, 6.07) is 3.25. The Balaban J connectivity index is 1.83. The Morgan fingerprint density at radius 1 is 1.45 bits per heavy atom. The third kappa shape index (κ3) is 3.85. The SMILES string of the molecule is COC(=O)c1ccc(N)c(NCCCC2CCCC2)n1. The predicted octanol–water partition coefficient (Wildman–Crippen LogP) is 2.83. The van der Waals surface area contributed by atoms with E-state index < -0.39 is 5.97 Å². The van der Waals surface area contributed by atoms with E-state index in [4.69, 9.17) is 5.73 Å². The Morgan fingerprint density at radius 3 is 2.90 bits per heavy atom. The van der Waals surface area contributed by atoms with Crippen LogP contribution in [-0.4, -0.2) is 24.6 Å². The normalized spacial score (nSPS) is 15.2. The van der Waals surface area contributed by atoms with Gasteiger partial charge in [0.1, 0.15) is 5.82 Å². The van der Waals surface area contributed by atoms with Crippen LogP contribution in [0.5, 0.6) is 0 Å². The second-order valence-electron chi connectivity index (χ2n) is 5.35. The second kappa shape index (κ2) is 7.12. The van der Waals surface area contributed by atoms with E-state index in [0.29, 0.717) is 11.5 Å². The molecule has 1 fully saturated rings. The summed E-state index contributed by atoms with van der Waals surface area (Å²) in [5, 5.41) is 3.21. The molecule has 0 atom stereocenters. The smallest absolute Gasteiger partial charge is 0.356 e. The van der Waals surface area contributed by atoms with Gasteiger partial charge in [0.25, 0.3) is 0 Å². The molecule has 110 valence electrons. The third-order valence-electron chi connectivity index (χ3n) is 3.88. The number of anilines is 2. The molecule has 0 aliphatic heterocycles. The van der Waals surface area contributed by atoms with Crippen LogP contribution in [-0.2, 0) is 4.74 Å². The zero-order chi connectivity index (χ0) is 14.4. The number of nitrogens with one attached hydrogen (secondary N) is 1. The first-order valence-electron chi connectivity index (χ1n) is 7.29. The van der Waals surface area contributed by atoms with Gasteiger partial charge in [-0.3, -0.25) is 0 Å². The molecule has 5 nitrogen and oxygen atoms in total. The summed E-state index contributed by atoms with van der Waals surface area (Å²) in [5.41, 5.74) is 6.69. The highest BCUT2D eigenvalue weighted by Crippen LogP contribution is 2.28. The summed E-state index contributed by atoms with van der Waals surface area (Å²) in [4.78, 5) is 15.6. The molecule has 0 aromatic carbocycles. The van der Waals surface area contributed by atoms with E-state index in [9.17, 15) is 4.79 Å². The molecule has 3 N–H and O–H groups in total. The minimum Gasteiger partial charge on any atom is -0.464 e. The molecule has 20 heavy (non-hydrogen) atoms. The molecule has 1 aromatic heterocycles. The molecule has 5 heteroatoms. The van der Waals surface area contributed by atoms with Crippen LogP contribution >= 0.6 is 0 Å². The van der Waals surface area contributed by atoms with E-state index in [1.165, 1.54) is 39.2 Å². The van der Waals surface area contributed by atoms with Gasteiger partial charge < -0.3 is 15.8 Å². The van der Waals surface area contributed by atoms with E-state index in [2.05, 4.69) is 15.0 Å². The molecule has 1 aliphatic rings. The van der Waals surface area contributed by atoms with Crippen molar-refractivity contribution in [3.63, 3.8) is 0 Å². The fourth-order valence-electron chi connectivity index (χ4n) is 2.73. The molecule has 2 rings (SSSR count). The maximum Gasteiger partial charge on any atom is 0.356 e. The van der Waals surface area contributed by atoms with Gasteiger partial charge in [0.05, 0.1) is 12.8 Å². The molecule has 0 radical (unpaired) electrons. The fourth-order valence-corrected chi connectivity index (χ4v) is 2.73. The van der Waals surface area contributed by atoms with Gasteiger partial charge in [-0.15, -0.1) is 0 Å². The number of hydrogen-bond donors (Lipinski definition) is 2. The molecule has 1 aromatic rings. The molecule has 0 unspecified atom stereocenters. The van der Waals surface area contributed by atoms with Crippen LogP contribution in [0.2, 0.25) is 0 Å². The van der Waals surface area contributed by atoms with Crippen LogP contribution in [0.15, 0.2) is 12.1 Å². The molecule has 1 heterocycles. The number of nitrogen functional groups attached to an aromatic ring is 1. The van der Waals surface area contributed by atoms with Crippen molar-refractivity contribution in [1.29, 1.82) is 0 Å². The first-order chi connectivity index (χ1) is 9.70. The highest BCUT2D eigenvalue weighted by molar-refractivity contribution is 5.88. The first kappa shape index (κ1) is 14.6. The monoisotopic (exact) mass is 277 g/mol. The lowest BCUT2D eigenvalue weighted by molar-refractivity contribution is 0.0594. The molecule has 0 spiro atoms. The van der Waals surface area contributed by atoms with E-state index in [1.807, 2.05) is 0 Å². The van der Waals surface area contributed by atoms with Gasteiger partial charge in [0.2, 0.25) is 0 Å². The second-order valence-corrected chi connectivity index (χ2v) is 5.35. The molecule has 0 saturated heterocycles. The predicted molar refractivity (Wildman–Crippen MR) is 79.7 cm³/mol. The lowest BCUT2D eigenvalue weighted by Gasteiger charge is -2.11. The summed E-state index contributed by atoms with van der Waals surface area (Å²) in [7, 11) is 1.34. The zero-order valence-corrected chi connectivity index (χ0v) is 12.0. The van der Waals surface area contributed by atoms with Crippen molar-refractivity contribution < 1.29 is 9.53 Å². The lowest BCUT2D eigenvalue weighted by Crippen LogP contribution is -2.11. The largest absolute Gasteiger partial charge is 0.464 e.